The standard InChI is InChI=1S/C14H13F3N2S/c1-8(2)11-12(18-7-19-13(11)20)9-5-3-4-6-10(9)14(15,16)17/h3-8H,1-2H3,(H,18,19,20). The Hall–Kier alpha value is -1.69. The Bertz CT molecular complexity index is 675. The van der Waals surface area contributed by atoms with E-state index in [1.807, 2.05) is 13.8 Å². The van der Waals surface area contributed by atoms with Crippen molar-refractivity contribution in [2.24, 2.45) is 0 Å². The van der Waals surface area contributed by atoms with Crippen molar-refractivity contribution < 1.29 is 13.2 Å². The Morgan fingerprint density at radius 3 is 2.45 bits per heavy atom. The highest BCUT2D eigenvalue weighted by Crippen LogP contribution is 2.38. The topological polar surface area (TPSA) is 28.7 Å². The lowest BCUT2D eigenvalue weighted by molar-refractivity contribution is -0.137. The number of hydrogen-bond donors (Lipinski definition) is 1. The maximum absolute atomic E-state index is 13.1. The largest absolute Gasteiger partial charge is 0.417 e. The summed E-state index contributed by atoms with van der Waals surface area (Å²) >= 11 is 5.14. The summed E-state index contributed by atoms with van der Waals surface area (Å²) < 4.78 is 39.7. The molecule has 0 saturated heterocycles. The Kier molecular flexibility index (Phi) is 3.94. The minimum absolute atomic E-state index is 0.0243. The molecule has 0 atom stereocenters. The molecule has 0 aliphatic heterocycles. The number of hydrogen-bond acceptors (Lipinski definition) is 2. The van der Waals surface area contributed by atoms with Crippen LogP contribution in [0.5, 0.6) is 0 Å². The van der Waals surface area contributed by atoms with Gasteiger partial charge in [0.05, 0.1) is 17.6 Å². The van der Waals surface area contributed by atoms with Crippen LogP contribution in [-0.2, 0) is 6.18 Å². The van der Waals surface area contributed by atoms with E-state index >= 15 is 0 Å². The van der Waals surface area contributed by atoms with Gasteiger partial charge in [0.25, 0.3) is 0 Å². The minimum Gasteiger partial charge on any atom is -0.346 e. The maximum atomic E-state index is 13.1. The molecule has 0 radical (unpaired) electrons. The van der Waals surface area contributed by atoms with E-state index in [4.69, 9.17) is 12.2 Å². The zero-order valence-electron chi connectivity index (χ0n) is 11.0. The van der Waals surface area contributed by atoms with Crippen LogP contribution in [0.3, 0.4) is 0 Å². The predicted molar refractivity (Wildman–Crippen MR) is 73.9 cm³/mol. The molecule has 1 N–H and O–H groups in total. The third kappa shape index (κ3) is 2.75. The first kappa shape index (κ1) is 14.7. The van der Waals surface area contributed by atoms with Crippen LogP contribution in [0.4, 0.5) is 13.2 Å². The fourth-order valence-electron chi connectivity index (χ4n) is 2.12. The molecule has 0 unspecified atom stereocenters. The van der Waals surface area contributed by atoms with Crippen molar-refractivity contribution in [2.75, 3.05) is 0 Å². The molecule has 20 heavy (non-hydrogen) atoms. The van der Waals surface area contributed by atoms with Gasteiger partial charge in [0.15, 0.2) is 0 Å². The second-order valence-corrected chi connectivity index (χ2v) is 5.08. The number of benzene rings is 1. The van der Waals surface area contributed by atoms with Gasteiger partial charge in [-0.2, -0.15) is 13.2 Å². The van der Waals surface area contributed by atoms with Crippen molar-refractivity contribution in [3.8, 4) is 11.3 Å². The van der Waals surface area contributed by atoms with Gasteiger partial charge in [-0.1, -0.05) is 44.3 Å². The van der Waals surface area contributed by atoms with Gasteiger partial charge in [-0.3, -0.25) is 0 Å². The summed E-state index contributed by atoms with van der Waals surface area (Å²) in [5, 5.41) is 0. The molecular formula is C14H13F3N2S. The molecule has 0 saturated carbocycles. The third-order valence-electron chi connectivity index (χ3n) is 2.97. The van der Waals surface area contributed by atoms with E-state index < -0.39 is 11.7 Å². The van der Waals surface area contributed by atoms with Gasteiger partial charge in [0.2, 0.25) is 0 Å². The number of alkyl halides is 3. The summed E-state index contributed by atoms with van der Waals surface area (Å²) in [5.41, 5.74) is 0.420. The molecule has 106 valence electrons. The first-order valence-electron chi connectivity index (χ1n) is 6.06. The number of aromatic nitrogens is 2. The average Bonchev–Trinajstić information content (AvgIpc) is 2.37. The van der Waals surface area contributed by atoms with E-state index in [1.165, 1.54) is 18.5 Å². The summed E-state index contributed by atoms with van der Waals surface area (Å²) in [7, 11) is 0. The lowest BCUT2D eigenvalue weighted by Crippen LogP contribution is -2.09. The lowest BCUT2D eigenvalue weighted by atomic mass is 9.95. The highest BCUT2D eigenvalue weighted by molar-refractivity contribution is 7.71. The number of H-pyrrole nitrogens is 1. The van der Waals surface area contributed by atoms with Crippen molar-refractivity contribution in [1.82, 2.24) is 9.97 Å². The minimum atomic E-state index is -4.41. The van der Waals surface area contributed by atoms with Gasteiger partial charge in [-0.05, 0) is 12.0 Å². The second-order valence-electron chi connectivity index (χ2n) is 4.69. The van der Waals surface area contributed by atoms with Gasteiger partial charge in [0, 0.05) is 11.1 Å². The fraction of sp³-hybridized carbons (Fsp3) is 0.286. The lowest BCUT2D eigenvalue weighted by Gasteiger charge is -2.17. The Morgan fingerprint density at radius 2 is 1.85 bits per heavy atom. The van der Waals surface area contributed by atoms with Crippen LogP contribution in [-0.4, -0.2) is 9.97 Å². The van der Waals surface area contributed by atoms with E-state index in [0.29, 0.717) is 15.9 Å². The van der Waals surface area contributed by atoms with Crippen molar-refractivity contribution in [3.05, 3.63) is 46.4 Å². The first-order chi connectivity index (χ1) is 9.32. The molecule has 1 aromatic heterocycles. The van der Waals surface area contributed by atoms with E-state index in [0.717, 1.165) is 6.07 Å². The molecule has 1 heterocycles. The van der Waals surface area contributed by atoms with Crippen LogP contribution in [0.2, 0.25) is 0 Å². The molecule has 0 aliphatic rings. The van der Waals surface area contributed by atoms with Gasteiger partial charge < -0.3 is 4.98 Å². The zero-order valence-corrected chi connectivity index (χ0v) is 11.8. The summed E-state index contributed by atoms with van der Waals surface area (Å²) in [6.07, 6.45) is -3.08. The predicted octanol–water partition coefficient (Wildman–Crippen LogP) is 4.95. The quantitative estimate of drug-likeness (QED) is 0.795. The fourth-order valence-corrected chi connectivity index (χ4v) is 2.51. The Balaban J connectivity index is 2.77. The summed E-state index contributed by atoms with van der Waals surface area (Å²) in [6.45, 7) is 3.75. The Morgan fingerprint density at radius 1 is 1.20 bits per heavy atom. The second kappa shape index (κ2) is 5.36. The van der Waals surface area contributed by atoms with Gasteiger partial charge in [-0.15, -0.1) is 0 Å². The molecule has 2 aromatic rings. The molecule has 0 aliphatic carbocycles. The van der Waals surface area contributed by atoms with Gasteiger partial charge in [0.1, 0.15) is 4.64 Å². The summed E-state index contributed by atoms with van der Waals surface area (Å²) in [4.78, 5) is 6.77. The van der Waals surface area contributed by atoms with Crippen molar-refractivity contribution in [1.29, 1.82) is 0 Å². The molecule has 0 bridgehead atoms. The highest BCUT2D eigenvalue weighted by Gasteiger charge is 2.34. The molecule has 6 heteroatoms. The molecule has 0 amide bonds. The number of aromatic amines is 1. The average molecular weight is 298 g/mol. The van der Waals surface area contributed by atoms with Crippen LogP contribution >= 0.6 is 12.2 Å². The normalized spacial score (nSPS) is 11.9. The molecular weight excluding hydrogens is 285 g/mol. The summed E-state index contributed by atoms with van der Waals surface area (Å²) in [6, 6.07) is 5.45. The monoisotopic (exact) mass is 298 g/mol. The Labute approximate surface area is 119 Å². The van der Waals surface area contributed by atoms with Crippen molar-refractivity contribution >= 4 is 12.2 Å². The van der Waals surface area contributed by atoms with E-state index in [-0.39, 0.29) is 11.5 Å². The highest BCUT2D eigenvalue weighted by atomic mass is 32.1. The van der Waals surface area contributed by atoms with E-state index in [2.05, 4.69) is 9.97 Å². The van der Waals surface area contributed by atoms with Gasteiger partial charge in [-0.25, -0.2) is 4.98 Å². The van der Waals surface area contributed by atoms with E-state index in [1.54, 1.807) is 6.07 Å². The molecule has 0 fully saturated rings. The van der Waals surface area contributed by atoms with Crippen LogP contribution in [0.1, 0.15) is 30.9 Å². The maximum Gasteiger partial charge on any atom is 0.417 e. The van der Waals surface area contributed by atoms with Crippen LogP contribution in [0.25, 0.3) is 11.3 Å². The first-order valence-corrected chi connectivity index (χ1v) is 6.47. The number of nitrogens with zero attached hydrogens (tertiary/aromatic N) is 1. The SMILES string of the molecule is CC(C)c1c(-c2ccccc2C(F)(F)F)[nH]cnc1=S. The molecule has 2 nitrogen and oxygen atoms in total. The van der Waals surface area contributed by atoms with Crippen LogP contribution in [0, 0.1) is 4.64 Å². The number of halogens is 3. The van der Waals surface area contributed by atoms with Crippen molar-refractivity contribution in [2.45, 2.75) is 25.9 Å². The number of nitrogens with one attached hydrogen (secondary N) is 1. The third-order valence-corrected chi connectivity index (χ3v) is 3.29. The van der Waals surface area contributed by atoms with Crippen molar-refractivity contribution in [3.63, 3.8) is 0 Å². The molecule has 1 aromatic carbocycles. The molecule has 2 rings (SSSR count). The summed E-state index contributed by atoms with van der Waals surface area (Å²) in [5.74, 6) is -0.0243. The smallest absolute Gasteiger partial charge is 0.346 e. The van der Waals surface area contributed by atoms with Crippen LogP contribution in [0.15, 0.2) is 30.6 Å². The number of rotatable bonds is 2. The van der Waals surface area contributed by atoms with E-state index in [9.17, 15) is 13.2 Å². The van der Waals surface area contributed by atoms with Gasteiger partial charge >= 0.3 is 6.18 Å². The van der Waals surface area contributed by atoms with Crippen LogP contribution < -0.4 is 0 Å². The zero-order chi connectivity index (χ0) is 14.9. The molecule has 0 spiro atoms.